The Bertz CT molecular complexity index is 2400. The van der Waals surface area contributed by atoms with E-state index in [9.17, 15) is 0 Å². The van der Waals surface area contributed by atoms with Gasteiger partial charge < -0.3 is 40.4 Å². The maximum absolute atomic E-state index is 9.10. The SMILES string of the molecule is CN(C)c1ccc(C(=C2C=CC(=[N+](C)C)C=C2)c2ccccc2)cc1.CN(C)c1ccc(C(=C2C=CC(=[N+](C)C)C=C2)c2ccccc2)cc1.O=C(O)C(=O)O.O=C(O)C(=O)O.O=C(O)C(=O)O. The van der Waals surface area contributed by atoms with Gasteiger partial charge in [0.2, 0.25) is 0 Å². The molecule has 0 aliphatic heterocycles. The average Bonchev–Trinajstić information content (AvgIpc) is 3.31. The molecular weight excluding hydrogens is 873 g/mol. The third kappa shape index (κ3) is 18.3. The zero-order chi connectivity index (χ0) is 51.1. The second-order valence-corrected chi connectivity index (χ2v) is 15.1. The Morgan fingerprint density at radius 2 is 0.559 bits per heavy atom. The van der Waals surface area contributed by atoms with Crippen molar-refractivity contribution in [2.75, 3.05) is 66.2 Å². The van der Waals surface area contributed by atoms with Gasteiger partial charge >= 0.3 is 35.8 Å². The van der Waals surface area contributed by atoms with Crippen LogP contribution in [0, 0.1) is 0 Å². The van der Waals surface area contributed by atoms with Crippen molar-refractivity contribution in [1.29, 1.82) is 0 Å². The Balaban J connectivity index is 0.000000344. The topological polar surface area (TPSA) is 236 Å². The zero-order valence-corrected chi connectivity index (χ0v) is 38.9. The van der Waals surface area contributed by atoms with Crippen molar-refractivity contribution >= 4 is 69.8 Å². The minimum Gasteiger partial charge on any atom is -0.473 e. The number of allylic oxidation sites excluding steroid dienone is 10. The number of carboxylic acids is 6. The fraction of sp³-hybridized carbons (Fsp3) is 0.154. The van der Waals surface area contributed by atoms with E-state index in [1.165, 1.54) is 67.3 Å². The van der Waals surface area contributed by atoms with E-state index in [-0.39, 0.29) is 0 Å². The number of rotatable bonds is 6. The minimum atomic E-state index is -1.82. The van der Waals surface area contributed by atoms with E-state index in [0.717, 1.165) is 0 Å². The van der Waals surface area contributed by atoms with Crippen LogP contribution in [-0.4, -0.2) is 143 Å². The third-order valence-electron chi connectivity index (χ3n) is 9.36. The molecule has 4 aromatic carbocycles. The van der Waals surface area contributed by atoms with Gasteiger partial charge in [0, 0.05) is 63.9 Å². The summed E-state index contributed by atoms with van der Waals surface area (Å²) in [5.41, 5.74) is 14.7. The summed E-state index contributed by atoms with van der Waals surface area (Å²) in [5, 5.41) is 44.3. The molecule has 2 aliphatic rings. The van der Waals surface area contributed by atoms with Crippen LogP contribution in [0.15, 0.2) is 169 Å². The monoisotopic (exact) mass is 928 g/mol. The lowest BCUT2D eigenvalue weighted by Gasteiger charge is -2.16. The Labute approximate surface area is 394 Å². The van der Waals surface area contributed by atoms with Crippen molar-refractivity contribution in [3.05, 3.63) is 191 Å². The van der Waals surface area contributed by atoms with E-state index >= 15 is 0 Å². The Kier molecular flexibility index (Phi) is 22.3. The highest BCUT2D eigenvalue weighted by molar-refractivity contribution is 6.28. The van der Waals surface area contributed by atoms with E-state index in [4.69, 9.17) is 59.4 Å². The fourth-order valence-corrected chi connectivity index (χ4v) is 5.91. The largest absolute Gasteiger partial charge is 0.473 e. The van der Waals surface area contributed by atoms with Crippen molar-refractivity contribution in [1.82, 2.24) is 0 Å². The maximum Gasteiger partial charge on any atom is 0.414 e. The number of nitrogens with zero attached hydrogens (tertiary/aromatic N) is 4. The molecule has 0 heterocycles. The van der Waals surface area contributed by atoms with Crippen molar-refractivity contribution < 1.29 is 68.6 Å². The molecule has 0 spiro atoms. The molecule has 0 unspecified atom stereocenters. The number of carbonyl (C=O) groups is 6. The molecule has 0 atom stereocenters. The first-order valence-electron chi connectivity index (χ1n) is 20.4. The van der Waals surface area contributed by atoms with Crippen molar-refractivity contribution in [3.63, 3.8) is 0 Å². The summed E-state index contributed by atoms with van der Waals surface area (Å²) in [7, 11) is 16.5. The molecule has 4 aromatic rings. The van der Waals surface area contributed by atoms with Gasteiger partial charge in [0.1, 0.15) is 28.2 Å². The summed E-state index contributed by atoms with van der Waals surface area (Å²) in [6.07, 6.45) is 17.5. The van der Waals surface area contributed by atoms with Crippen LogP contribution in [0.5, 0.6) is 0 Å². The van der Waals surface area contributed by atoms with Gasteiger partial charge in [0.25, 0.3) is 0 Å². The summed E-state index contributed by atoms with van der Waals surface area (Å²) in [6, 6.07) is 38.7. The molecule has 354 valence electrons. The zero-order valence-electron chi connectivity index (χ0n) is 38.9. The van der Waals surface area contributed by atoms with E-state index in [1.807, 2.05) is 0 Å². The summed E-state index contributed by atoms with van der Waals surface area (Å²) in [5.74, 6) is -10.9. The lowest BCUT2D eigenvalue weighted by Crippen LogP contribution is -2.10. The standard InChI is InChI=1S/2C23H25N2.3C2H2O4/c2*1-24(2)21-14-10-19(11-15-21)23(18-8-6-5-7-9-18)20-12-16-22(17-13-20)25(3)4;3*3-1(4)2(5)6/h2*5-17H,1-4H3;3*(H,3,4)(H,5,6)/q2*+1;;;. The molecule has 2 aliphatic carbocycles. The first-order valence-corrected chi connectivity index (χ1v) is 20.4. The highest BCUT2D eigenvalue weighted by Crippen LogP contribution is 2.32. The summed E-state index contributed by atoms with van der Waals surface area (Å²) < 4.78 is 4.25. The predicted octanol–water partition coefficient (Wildman–Crippen LogP) is 6.25. The number of anilines is 2. The van der Waals surface area contributed by atoms with E-state index < -0.39 is 35.8 Å². The highest BCUT2D eigenvalue weighted by atomic mass is 16.5. The highest BCUT2D eigenvalue weighted by Gasteiger charge is 2.15. The summed E-state index contributed by atoms with van der Waals surface area (Å²) in [4.78, 5) is 58.8. The minimum absolute atomic E-state index is 1.21. The van der Waals surface area contributed by atoms with Crippen LogP contribution < -0.4 is 9.80 Å². The van der Waals surface area contributed by atoms with Crippen LogP contribution in [0.4, 0.5) is 11.4 Å². The molecule has 0 amide bonds. The Morgan fingerprint density at radius 3 is 0.750 bits per heavy atom. The third-order valence-corrected chi connectivity index (χ3v) is 9.36. The van der Waals surface area contributed by atoms with Crippen LogP contribution in [0.1, 0.15) is 22.3 Å². The molecule has 0 bridgehead atoms. The first-order chi connectivity index (χ1) is 32.0. The summed E-state index contributed by atoms with van der Waals surface area (Å²) >= 11 is 0. The van der Waals surface area contributed by atoms with Gasteiger partial charge in [-0.05, 0) is 93.1 Å². The van der Waals surface area contributed by atoms with E-state index in [2.05, 4.69) is 233 Å². The number of benzene rings is 4. The van der Waals surface area contributed by atoms with Crippen molar-refractivity contribution in [3.8, 4) is 0 Å². The van der Waals surface area contributed by atoms with Gasteiger partial charge in [-0.2, -0.15) is 0 Å². The molecular formula is C52H56N4O12+2. The molecule has 16 heteroatoms. The first kappa shape index (κ1) is 55.2. The van der Waals surface area contributed by atoms with E-state index in [1.54, 1.807) is 0 Å². The van der Waals surface area contributed by atoms with Crippen molar-refractivity contribution in [2.45, 2.75) is 0 Å². The molecule has 6 rings (SSSR count). The van der Waals surface area contributed by atoms with Gasteiger partial charge in [-0.15, -0.1) is 0 Å². The quantitative estimate of drug-likeness (QED) is 0.0926. The van der Waals surface area contributed by atoms with Crippen LogP contribution in [0.3, 0.4) is 0 Å². The maximum atomic E-state index is 9.10. The smallest absolute Gasteiger partial charge is 0.414 e. The molecule has 6 N–H and O–H groups in total. The van der Waals surface area contributed by atoms with Gasteiger partial charge in [0.05, 0.1) is 0 Å². The van der Waals surface area contributed by atoms with E-state index in [0.29, 0.717) is 0 Å². The lowest BCUT2D eigenvalue weighted by molar-refractivity contribution is -0.462. The van der Waals surface area contributed by atoms with Crippen LogP contribution in [0.2, 0.25) is 0 Å². The number of hydrogen-bond donors (Lipinski definition) is 6. The van der Waals surface area contributed by atoms with Crippen LogP contribution in [-0.2, 0) is 28.8 Å². The van der Waals surface area contributed by atoms with Gasteiger partial charge in [-0.1, -0.05) is 84.9 Å². The Hall–Kier alpha value is -8.92. The number of aliphatic carboxylic acids is 6. The average molecular weight is 929 g/mol. The van der Waals surface area contributed by atoms with Gasteiger partial charge in [-0.3, -0.25) is 0 Å². The predicted molar refractivity (Wildman–Crippen MR) is 263 cm³/mol. The summed E-state index contributed by atoms with van der Waals surface area (Å²) in [6.45, 7) is 0. The van der Waals surface area contributed by atoms with Gasteiger partial charge in [-0.25, -0.2) is 37.9 Å². The molecule has 68 heavy (non-hydrogen) atoms. The molecule has 0 aromatic heterocycles. The normalized spacial score (nSPS) is 11.6. The fourth-order valence-electron chi connectivity index (χ4n) is 5.91. The Morgan fingerprint density at radius 1 is 0.338 bits per heavy atom. The second kappa shape index (κ2) is 27.4. The van der Waals surface area contributed by atoms with Crippen LogP contribution in [0.25, 0.3) is 11.1 Å². The number of carboxylic acid groups (broad SMARTS) is 6. The second-order valence-electron chi connectivity index (χ2n) is 15.1. The van der Waals surface area contributed by atoms with Crippen molar-refractivity contribution in [2.24, 2.45) is 0 Å². The molecule has 0 fully saturated rings. The number of hydrogen-bond acceptors (Lipinski definition) is 8. The molecule has 16 nitrogen and oxygen atoms in total. The lowest BCUT2D eigenvalue weighted by atomic mass is 9.90. The molecule has 0 radical (unpaired) electrons. The van der Waals surface area contributed by atoms with Gasteiger partial charge in [0.15, 0.2) is 11.4 Å². The molecule has 0 saturated carbocycles. The van der Waals surface area contributed by atoms with Crippen LogP contribution >= 0.6 is 0 Å². The molecule has 0 saturated heterocycles.